The minimum absolute atomic E-state index is 0.502. The Bertz CT molecular complexity index is 409. The molecule has 0 aromatic heterocycles. The molecule has 2 nitrogen and oxygen atoms in total. The first-order chi connectivity index (χ1) is 7.93. The molecule has 0 fully saturated rings. The topological polar surface area (TPSA) is 24.4 Å². The number of hydrogen-bond acceptors (Lipinski definition) is 2. The van der Waals surface area contributed by atoms with Crippen LogP contribution in [0.5, 0.6) is 0 Å². The van der Waals surface area contributed by atoms with Crippen LogP contribution in [0.25, 0.3) is 0 Å². The van der Waals surface area contributed by atoms with Crippen LogP contribution in [0.2, 0.25) is 0 Å². The first-order valence-electron chi connectivity index (χ1n) is 6.31. The first kappa shape index (κ1) is 9.88. The van der Waals surface area contributed by atoms with Crippen LogP contribution in [0, 0.1) is 0 Å². The quantitative estimate of drug-likeness (QED) is 0.763. The molecule has 0 radical (unpaired) electrons. The fourth-order valence-corrected chi connectivity index (χ4v) is 2.76. The maximum absolute atomic E-state index is 4.51. The first-order valence-corrected chi connectivity index (χ1v) is 6.31. The lowest BCUT2D eigenvalue weighted by molar-refractivity contribution is 0.525. The summed E-state index contributed by atoms with van der Waals surface area (Å²) in [6, 6.07) is 9.33. The fraction of sp³-hybridized carbons (Fsp3) is 0.500. The molecule has 84 valence electrons. The van der Waals surface area contributed by atoms with Gasteiger partial charge in [0, 0.05) is 13.0 Å². The molecule has 2 aliphatic rings. The van der Waals surface area contributed by atoms with Crippen molar-refractivity contribution in [3.63, 3.8) is 0 Å². The Kier molecular flexibility index (Phi) is 2.65. The van der Waals surface area contributed by atoms with E-state index in [1.807, 2.05) is 0 Å². The van der Waals surface area contributed by atoms with Gasteiger partial charge in [-0.25, -0.2) is 0 Å². The van der Waals surface area contributed by atoms with Crippen molar-refractivity contribution in [2.75, 3.05) is 6.54 Å². The normalized spacial score (nSPS) is 23.8. The van der Waals surface area contributed by atoms with Gasteiger partial charge in [-0.1, -0.05) is 24.3 Å². The van der Waals surface area contributed by atoms with Gasteiger partial charge < -0.3 is 5.32 Å². The zero-order chi connectivity index (χ0) is 10.8. The highest BCUT2D eigenvalue weighted by Crippen LogP contribution is 2.29. The Hall–Kier alpha value is -1.31. The highest BCUT2D eigenvalue weighted by atomic mass is 15.0. The zero-order valence-electron chi connectivity index (χ0n) is 9.58. The van der Waals surface area contributed by atoms with Crippen LogP contribution in [0.1, 0.15) is 42.9 Å². The van der Waals surface area contributed by atoms with Gasteiger partial charge in [-0.2, -0.15) is 0 Å². The summed E-state index contributed by atoms with van der Waals surface area (Å²) < 4.78 is 0. The van der Waals surface area contributed by atoms with Crippen molar-refractivity contribution in [3.05, 3.63) is 35.4 Å². The third-order valence-electron chi connectivity index (χ3n) is 3.58. The Morgan fingerprint density at radius 3 is 2.94 bits per heavy atom. The molecular formula is C14H18N2. The van der Waals surface area contributed by atoms with Gasteiger partial charge in [0.25, 0.3) is 0 Å². The molecule has 1 heterocycles. The van der Waals surface area contributed by atoms with Gasteiger partial charge in [0.15, 0.2) is 0 Å². The second-order valence-electron chi connectivity index (χ2n) is 4.72. The van der Waals surface area contributed by atoms with Gasteiger partial charge in [0.05, 0.1) is 11.9 Å². The van der Waals surface area contributed by atoms with Crippen LogP contribution < -0.4 is 5.32 Å². The predicted molar refractivity (Wildman–Crippen MR) is 66.8 cm³/mol. The monoisotopic (exact) mass is 214 g/mol. The van der Waals surface area contributed by atoms with Crippen LogP contribution in [-0.2, 0) is 6.42 Å². The van der Waals surface area contributed by atoms with E-state index in [4.69, 9.17) is 0 Å². The minimum atomic E-state index is 0.502. The number of amidine groups is 1. The highest BCUT2D eigenvalue weighted by Gasteiger charge is 2.21. The van der Waals surface area contributed by atoms with Gasteiger partial charge >= 0.3 is 0 Å². The molecule has 0 saturated carbocycles. The van der Waals surface area contributed by atoms with E-state index in [1.165, 1.54) is 42.6 Å². The van der Waals surface area contributed by atoms with Crippen LogP contribution in [0.4, 0.5) is 0 Å². The molecule has 1 atom stereocenters. The minimum Gasteiger partial charge on any atom is -0.367 e. The number of rotatable bonds is 1. The van der Waals surface area contributed by atoms with Crippen molar-refractivity contribution < 1.29 is 0 Å². The SMILES string of the molecule is c1ccc2c(c1)CCC[C@H]2NC1=NCCC1. The van der Waals surface area contributed by atoms with Gasteiger partial charge in [-0.05, 0) is 36.8 Å². The summed E-state index contributed by atoms with van der Waals surface area (Å²) >= 11 is 0. The van der Waals surface area contributed by atoms with Crippen molar-refractivity contribution in [1.29, 1.82) is 0 Å². The lowest BCUT2D eigenvalue weighted by atomic mass is 9.87. The molecule has 0 spiro atoms. The highest BCUT2D eigenvalue weighted by molar-refractivity contribution is 5.84. The predicted octanol–water partition coefficient (Wildman–Crippen LogP) is 2.85. The van der Waals surface area contributed by atoms with Crippen LogP contribution in [0.15, 0.2) is 29.3 Å². The maximum Gasteiger partial charge on any atom is 0.0968 e. The summed E-state index contributed by atoms with van der Waals surface area (Å²) in [5.41, 5.74) is 3.01. The standard InChI is InChI=1S/C14H18N2/c1-2-7-12-11(5-1)6-3-8-13(12)16-14-9-4-10-15-14/h1-2,5,7,13H,3-4,6,8-10H2,(H,15,16)/t13-/m1/s1. The average Bonchev–Trinajstić information content (AvgIpc) is 2.82. The lowest BCUT2D eigenvalue weighted by Crippen LogP contribution is -2.29. The average molecular weight is 214 g/mol. The molecule has 1 aliphatic carbocycles. The van der Waals surface area contributed by atoms with E-state index in [1.54, 1.807) is 0 Å². The Morgan fingerprint density at radius 2 is 2.06 bits per heavy atom. The number of hydrogen-bond donors (Lipinski definition) is 1. The Labute approximate surface area is 96.8 Å². The van der Waals surface area contributed by atoms with Crippen molar-refractivity contribution in [2.45, 2.75) is 38.1 Å². The van der Waals surface area contributed by atoms with Crippen molar-refractivity contribution >= 4 is 5.84 Å². The van der Waals surface area contributed by atoms with Crippen molar-refractivity contribution in [1.82, 2.24) is 5.32 Å². The fourth-order valence-electron chi connectivity index (χ4n) is 2.76. The van der Waals surface area contributed by atoms with E-state index in [-0.39, 0.29) is 0 Å². The second kappa shape index (κ2) is 4.28. The lowest BCUT2D eigenvalue weighted by Gasteiger charge is -2.27. The Balaban J connectivity index is 1.81. The van der Waals surface area contributed by atoms with Crippen LogP contribution in [0.3, 0.4) is 0 Å². The van der Waals surface area contributed by atoms with Crippen LogP contribution >= 0.6 is 0 Å². The molecule has 1 aromatic rings. The molecule has 1 aliphatic heterocycles. The number of nitrogens with one attached hydrogen (secondary N) is 1. The molecule has 0 unspecified atom stereocenters. The number of benzene rings is 1. The summed E-state index contributed by atoms with van der Waals surface area (Å²) in [5.74, 6) is 1.22. The molecular weight excluding hydrogens is 196 g/mol. The van der Waals surface area contributed by atoms with E-state index < -0.39 is 0 Å². The van der Waals surface area contributed by atoms with Crippen molar-refractivity contribution in [2.24, 2.45) is 4.99 Å². The molecule has 3 rings (SSSR count). The summed E-state index contributed by atoms with van der Waals surface area (Å²) in [7, 11) is 0. The van der Waals surface area contributed by atoms with Gasteiger partial charge in [0.1, 0.15) is 0 Å². The molecule has 0 saturated heterocycles. The van der Waals surface area contributed by atoms with E-state index in [0.717, 1.165) is 13.0 Å². The number of nitrogens with zero attached hydrogens (tertiary/aromatic N) is 1. The zero-order valence-corrected chi connectivity index (χ0v) is 9.58. The van der Waals surface area contributed by atoms with Gasteiger partial charge in [0.2, 0.25) is 0 Å². The van der Waals surface area contributed by atoms with Gasteiger partial charge in [-0.15, -0.1) is 0 Å². The smallest absolute Gasteiger partial charge is 0.0968 e. The van der Waals surface area contributed by atoms with E-state index in [9.17, 15) is 0 Å². The molecule has 2 heteroatoms. The number of aliphatic imine (C=N–C) groups is 1. The van der Waals surface area contributed by atoms with E-state index in [0.29, 0.717) is 6.04 Å². The molecule has 1 aromatic carbocycles. The van der Waals surface area contributed by atoms with Crippen LogP contribution in [-0.4, -0.2) is 12.4 Å². The third-order valence-corrected chi connectivity index (χ3v) is 3.58. The molecule has 16 heavy (non-hydrogen) atoms. The summed E-state index contributed by atoms with van der Waals surface area (Å²) in [6.07, 6.45) is 6.13. The molecule has 0 amide bonds. The molecule has 0 bridgehead atoms. The number of fused-ring (bicyclic) bond motifs is 1. The number of aryl methyl sites for hydroxylation is 1. The summed E-state index contributed by atoms with van der Waals surface area (Å²) in [4.78, 5) is 4.51. The maximum atomic E-state index is 4.51. The summed E-state index contributed by atoms with van der Waals surface area (Å²) in [6.45, 7) is 1.01. The molecule has 1 N–H and O–H groups in total. The second-order valence-corrected chi connectivity index (χ2v) is 4.72. The van der Waals surface area contributed by atoms with Crippen molar-refractivity contribution in [3.8, 4) is 0 Å². The third kappa shape index (κ3) is 1.84. The summed E-state index contributed by atoms with van der Waals surface area (Å²) in [5, 5.41) is 3.62. The van der Waals surface area contributed by atoms with Gasteiger partial charge in [-0.3, -0.25) is 4.99 Å². The van der Waals surface area contributed by atoms with E-state index in [2.05, 4.69) is 34.6 Å². The van der Waals surface area contributed by atoms with E-state index >= 15 is 0 Å². The largest absolute Gasteiger partial charge is 0.367 e. The Morgan fingerprint density at radius 1 is 1.12 bits per heavy atom.